The molecule has 5 nitrogen and oxygen atoms in total. The molecule has 2 atom stereocenters. The standard InChI is InChI=1S/C16H24N2O3/c1-5-16(6-7-17)8-12-10-20-11-13(9-16)18(12)14(19)21-15(2,3)4/h5,12-13H,1,6,8-11H2,2-4H3. The number of hydrogen-bond donors (Lipinski definition) is 0. The fourth-order valence-corrected chi connectivity index (χ4v) is 3.29. The number of nitriles is 1. The summed E-state index contributed by atoms with van der Waals surface area (Å²) in [5.74, 6) is 0. The molecular weight excluding hydrogens is 268 g/mol. The Labute approximate surface area is 126 Å². The molecule has 0 radical (unpaired) electrons. The van der Waals surface area contributed by atoms with Gasteiger partial charge in [0.15, 0.2) is 0 Å². The Morgan fingerprint density at radius 2 is 2.05 bits per heavy atom. The van der Waals surface area contributed by atoms with Crippen LogP contribution in [0.3, 0.4) is 0 Å². The first-order chi connectivity index (χ1) is 9.80. The van der Waals surface area contributed by atoms with Gasteiger partial charge in [0.25, 0.3) is 0 Å². The van der Waals surface area contributed by atoms with Crippen LogP contribution in [0.4, 0.5) is 4.79 Å². The summed E-state index contributed by atoms with van der Waals surface area (Å²) < 4.78 is 11.1. The number of hydrogen-bond acceptors (Lipinski definition) is 4. The monoisotopic (exact) mass is 292 g/mol. The Hall–Kier alpha value is -1.54. The third kappa shape index (κ3) is 3.38. The quantitative estimate of drug-likeness (QED) is 0.734. The number of rotatable bonds is 2. The molecule has 1 amide bonds. The van der Waals surface area contributed by atoms with Crippen molar-refractivity contribution in [3.8, 4) is 6.07 Å². The smallest absolute Gasteiger partial charge is 0.410 e. The third-order valence-corrected chi connectivity index (χ3v) is 4.16. The number of ether oxygens (including phenoxy) is 2. The molecule has 2 unspecified atom stereocenters. The minimum atomic E-state index is -0.508. The molecule has 0 N–H and O–H groups in total. The third-order valence-electron chi connectivity index (χ3n) is 4.16. The predicted molar refractivity (Wildman–Crippen MR) is 78.6 cm³/mol. The molecule has 0 aromatic carbocycles. The van der Waals surface area contributed by atoms with Gasteiger partial charge in [-0.15, -0.1) is 6.58 Å². The van der Waals surface area contributed by atoms with E-state index in [1.54, 1.807) is 0 Å². The Morgan fingerprint density at radius 1 is 1.48 bits per heavy atom. The van der Waals surface area contributed by atoms with E-state index in [1.807, 2.05) is 31.7 Å². The Bertz CT molecular complexity index is 447. The van der Waals surface area contributed by atoms with Crippen molar-refractivity contribution in [2.45, 2.75) is 57.7 Å². The number of piperidine rings is 1. The normalized spacial score (nSPS) is 32.2. The van der Waals surface area contributed by atoms with Gasteiger partial charge in [0.05, 0.1) is 31.4 Å². The maximum absolute atomic E-state index is 12.4. The van der Waals surface area contributed by atoms with E-state index in [2.05, 4.69) is 12.6 Å². The van der Waals surface area contributed by atoms with Crippen LogP contribution in [0.15, 0.2) is 12.7 Å². The molecule has 0 aliphatic carbocycles. The van der Waals surface area contributed by atoms with Crippen molar-refractivity contribution in [1.29, 1.82) is 5.26 Å². The molecule has 2 aliphatic rings. The summed E-state index contributed by atoms with van der Waals surface area (Å²) in [6.07, 6.45) is 3.45. The van der Waals surface area contributed by atoms with E-state index in [0.29, 0.717) is 32.5 Å². The zero-order valence-electron chi connectivity index (χ0n) is 13.1. The van der Waals surface area contributed by atoms with E-state index in [4.69, 9.17) is 14.7 Å². The number of fused-ring (bicyclic) bond motifs is 2. The van der Waals surface area contributed by atoms with Crippen LogP contribution in [0.5, 0.6) is 0 Å². The van der Waals surface area contributed by atoms with Gasteiger partial charge in [-0.3, -0.25) is 4.90 Å². The van der Waals surface area contributed by atoms with Crippen molar-refractivity contribution in [2.75, 3.05) is 13.2 Å². The molecule has 0 spiro atoms. The first kappa shape index (κ1) is 15.8. The van der Waals surface area contributed by atoms with Gasteiger partial charge in [0.1, 0.15) is 5.60 Å². The van der Waals surface area contributed by atoms with Crippen LogP contribution in [0.1, 0.15) is 40.0 Å². The van der Waals surface area contributed by atoms with Crippen LogP contribution in [-0.2, 0) is 9.47 Å². The molecule has 2 bridgehead atoms. The number of nitrogens with zero attached hydrogens (tertiary/aromatic N) is 2. The van der Waals surface area contributed by atoms with Crippen molar-refractivity contribution < 1.29 is 14.3 Å². The highest BCUT2D eigenvalue weighted by molar-refractivity contribution is 5.69. The average molecular weight is 292 g/mol. The van der Waals surface area contributed by atoms with E-state index in [0.717, 1.165) is 0 Å². The summed E-state index contributed by atoms with van der Waals surface area (Å²) in [6, 6.07) is 2.17. The number of amides is 1. The molecule has 5 heteroatoms. The van der Waals surface area contributed by atoms with E-state index in [1.165, 1.54) is 0 Å². The van der Waals surface area contributed by atoms with Crippen LogP contribution in [0, 0.1) is 16.7 Å². The molecule has 0 aromatic rings. The lowest BCUT2D eigenvalue weighted by Crippen LogP contribution is -2.61. The predicted octanol–water partition coefficient (Wildman–Crippen LogP) is 2.87. The number of carbonyl (C=O) groups excluding carboxylic acids is 1. The van der Waals surface area contributed by atoms with Gasteiger partial charge < -0.3 is 9.47 Å². The topological polar surface area (TPSA) is 62.6 Å². The summed E-state index contributed by atoms with van der Waals surface area (Å²) in [6.45, 7) is 10.5. The summed E-state index contributed by atoms with van der Waals surface area (Å²) in [5.41, 5.74) is -0.724. The molecule has 2 saturated heterocycles. The molecule has 21 heavy (non-hydrogen) atoms. The molecule has 2 heterocycles. The Balaban J connectivity index is 2.18. The number of morpholine rings is 1. The maximum Gasteiger partial charge on any atom is 0.410 e. The molecule has 0 aromatic heterocycles. The van der Waals surface area contributed by atoms with Gasteiger partial charge in [-0.2, -0.15) is 5.26 Å². The van der Waals surface area contributed by atoms with E-state index in [9.17, 15) is 4.79 Å². The lowest BCUT2D eigenvalue weighted by molar-refractivity contribution is -0.100. The van der Waals surface area contributed by atoms with E-state index >= 15 is 0 Å². The van der Waals surface area contributed by atoms with Gasteiger partial charge in [0, 0.05) is 11.8 Å². The van der Waals surface area contributed by atoms with Crippen LogP contribution in [-0.4, -0.2) is 41.9 Å². The van der Waals surface area contributed by atoms with Crippen LogP contribution in [0.2, 0.25) is 0 Å². The molecular formula is C16H24N2O3. The van der Waals surface area contributed by atoms with Gasteiger partial charge in [0.2, 0.25) is 0 Å². The minimum Gasteiger partial charge on any atom is -0.444 e. The summed E-state index contributed by atoms with van der Waals surface area (Å²) in [4.78, 5) is 14.3. The number of allylic oxidation sites excluding steroid dienone is 1. The second-order valence-corrected chi connectivity index (χ2v) is 7.04. The first-order valence-electron chi connectivity index (χ1n) is 7.40. The average Bonchev–Trinajstić information content (AvgIpc) is 2.35. The number of carbonyl (C=O) groups is 1. The zero-order chi connectivity index (χ0) is 15.7. The van der Waals surface area contributed by atoms with Gasteiger partial charge in [-0.1, -0.05) is 6.08 Å². The largest absolute Gasteiger partial charge is 0.444 e. The van der Waals surface area contributed by atoms with E-state index < -0.39 is 5.60 Å². The van der Waals surface area contributed by atoms with Gasteiger partial charge in [-0.05, 0) is 33.6 Å². The van der Waals surface area contributed by atoms with Crippen LogP contribution >= 0.6 is 0 Å². The second-order valence-electron chi connectivity index (χ2n) is 7.04. The van der Waals surface area contributed by atoms with Crippen molar-refractivity contribution in [3.63, 3.8) is 0 Å². The first-order valence-corrected chi connectivity index (χ1v) is 7.40. The minimum absolute atomic E-state index is 0.0429. The fraction of sp³-hybridized carbons (Fsp3) is 0.750. The molecule has 2 aliphatic heterocycles. The second kappa shape index (κ2) is 5.69. The van der Waals surface area contributed by atoms with Gasteiger partial charge in [-0.25, -0.2) is 4.79 Å². The Kier molecular flexibility index (Phi) is 4.29. The fourth-order valence-electron chi connectivity index (χ4n) is 3.29. The van der Waals surface area contributed by atoms with Gasteiger partial charge >= 0.3 is 6.09 Å². The summed E-state index contributed by atoms with van der Waals surface area (Å²) in [7, 11) is 0. The molecule has 0 saturated carbocycles. The molecule has 116 valence electrons. The van der Waals surface area contributed by atoms with Crippen molar-refractivity contribution in [2.24, 2.45) is 5.41 Å². The van der Waals surface area contributed by atoms with E-state index in [-0.39, 0.29) is 23.6 Å². The maximum atomic E-state index is 12.4. The molecule has 2 rings (SSSR count). The Morgan fingerprint density at radius 3 is 2.48 bits per heavy atom. The zero-order valence-corrected chi connectivity index (χ0v) is 13.1. The summed E-state index contributed by atoms with van der Waals surface area (Å²) in [5, 5.41) is 9.07. The van der Waals surface area contributed by atoms with Crippen LogP contribution < -0.4 is 0 Å². The summed E-state index contributed by atoms with van der Waals surface area (Å²) >= 11 is 0. The lowest BCUT2D eigenvalue weighted by Gasteiger charge is -2.51. The highest BCUT2D eigenvalue weighted by atomic mass is 16.6. The highest BCUT2D eigenvalue weighted by Gasteiger charge is 2.48. The molecule has 2 fully saturated rings. The lowest BCUT2D eigenvalue weighted by atomic mass is 9.70. The van der Waals surface area contributed by atoms with Crippen molar-refractivity contribution in [3.05, 3.63) is 12.7 Å². The van der Waals surface area contributed by atoms with Crippen molar-refractivity contribution in [1.82, 2.24) is 4.90 Å². The van der Waals surface area contributed by atoms with Crippen molar-refractivity contribution >= 4 is 6.09 Å². The highest BCUT2D eigenvalue weighted by Crippen LogP contribution is 2.44. The SMILES string of the molecule is C=CC1(CC#N)CC2COCC(C1)N2C(=O)OC(C)(C)C. The van der Waals surface area contributed by atoms with Crippen LogP contribution in [0.25, 0.3) is 0 Å².